The quantitative estimate of drug-likeness (QED) is 0.476. The van der Waals surface area contributed by atoms with E-state index >= 15 is 0 Å². The Kier molecular flexibility index (Phi) is 5.40. The van der Waals surface area contributed by atoms with Gasteiger partial charge in [0.25, 0.3) is 10.0 Å². The molecule has 6 heteroatoms. The first-order valence-corrected chi connectivity index (χ1v) is 9.66. The average Bonchev–Trinajstić information content (AvgIpc) is 2.64. The van der Waals surface area contributed by atoms with E-state index in [1.54, 1.807) is 36.4 Å². The molecule has 0 aromatic heterocycles. The number of rotatable bonds is 4. The van der Waals surface area contributed by atoms with E-state index in [4.69, 9.17) is 16.3 Å². The van der Waals surface area contributed by atoms with E-state index < -0.39 is 10.0 Å². The third kappa shape index (κ3) is 4.50. The van der Waals surface area contributed by atoms with Gasteiger partial charge >= 0.3 is 0 Å². The zero-order chi connectivity index (χ0) is 18.6. The number of hydrogen-bond acceptors (Lipinski definition) is 3. The van der Waals surface area contributed by atoms with Crippen LogP contribution in [0.5, 0.6) is 5.75 Å². The Balaban J connectivity index is 2.03. The molecule has 0 bridgehead atoms. The summed E-state index contributed by atoms with van der Waals surface area (Å²) in [6.07, 6.45) is 0. The number of nitrogens with zero attached hydrogens (tertiary/aromatic N) is 1. The maximum Gasteiger partial charge on any atom is 0.285 e. The summed E-state index contributed by atoms with van der Waals surface area (Å²) in [6, 6.07) is 22.0. The molecule has 0 spiro atoms. The van der Waals surface area contributed by atoms with Gasteiger partial charge < -0.3 is 4.74 Å². The van der Waals surface area contributed by atoms with E-state index in [1.165, 1.54) is 24.3 Å². The van der Waals surface area contributed by atoms with Gasteiger partial charge in [-0.15, -0.1) is 4.40 Å². The molecule has 26 heavy (non-hydrogen) atoms. The van der Waals surface area contributed by atoms with Gasteiger partial charge in [0.1, 0.15) is 5.75 Å². The largest absolute Gasteiger partial charge is 0.438 e. The van der Waals surface area contributed by atoms with Crippen LogP contribution in [0.4, 0.5) is 0 Å². The Morgan fingerprint density at radius 3 is 2.12 bits per heavy atom. The minimum Gasteiger partial charge on any atom is -0.438 e. The highest BCUT2D eigenvalue weighted by Crippen LogP contribution is 2.19. The molecular weight excluding hydrogens is 370 g/mol. The number of sulfonamides is 1. The van der Waals surface area contributed by atoms with Crippen molar-refractivity contribution in [2.45, 2.75) is 11.8 Å². The minimum absolute atomic E-state index is 0.00408. The smallest absolute Gasteiger partial charge is 0.285 e. The standard InChI is InChI=1S/C20H16ClNO3S/c1-15-7-11-18(12-8-15)25-20(16-5-3-2-4-6-16)22-26(23,24)19-13-9-17(21)10-14-19/h2-14H,1H3/b22-20+. The lowest BCUT2D eigenvalue weighted by Crippen LogP contribution is -2.13. The van der Waals surface area contributed by atoms with Crippen molar-refractivity contribution in [2.75, 3.05) is 0 Å². The lowest BCUT2D eigenvalue weighted by molar-refractivity contribution is 0.550. The van der Waals surface area contributed by atoms with E-state index in [0.29, 0.717) is 16.3 Å². The summed E-state index contributed by atoms with van der Waals surface area (Å²) in [5, 5.41) is 0.451. The molecule has 3 aromatic carbocycles. The van der Waals surface area contributed by atoms with E-state index in [2.05, 4.69) is 4.40 Å². The fourth-order valence-electron chi connectivity index (χ4n) is 2.20. The molecule has 4 nitrogen and oxygen atoms in total. The van der Waals surface area contributed by atoms with Crippen LogP contribution in [0, 0.1) is 6.92 Å². The van der Waals surface area contributed by atoms with Gasteiger partial charge in [-0.25, -0.2) is 0 Å². The number of ether oxygens (including phenoxy) is 1. The van der Waals surface area contributed by atoms with E-state index in [1.807, 2.05) is 25.1 Å². The molecule has 3 aromatic rings. The maximum atomic E-state index is 12.7. The molecule has 0 saturated carbocycles. The first-order chi connectivity index (χ1) is 12.4. The highest BCUT2D eigenvalue weighted by Gasteiger charge is 2.17. The second-order valence-corrected chi connectivity index (χ2v) is 7.65. The van der Waals surface area contributed by atoms with Crippen LogP contribution in [0.2, 0.25) is 5.02 Å². The maximum absolute atomic E-state index is 12.7. The van der Waals surface area contributed by atoms with E-state index in [0.717, 1.165) is 5.56 Å². The van der Waals surface area contributed by atoms with Crippen molar-refractivity contribution in [1.29, 1.82) is 0 Å². The van der Waals surface area contributed by atoms with Gasteiger partial charge in [0, 0.05) is 10.6 Å². The van der Waals surface area contributed by atoms with Gasteiger partial charge in [-0.05, 0) is 55.5 Å². The molecule has 0 fully saturated rings. The normalized spacial score (nSPS) is 12.0. The summed E-state index contributed by atoms with van der Waals surface area (Å²) in [5.74, 6) is 0.508. The molecule has 0 atom stereocenters. The van der Waals surface area contributed by atoms with Crippen LogP contribution in [0.1, 0.15) is 11.1 Å². The second kappa shape index (κ2) is 7.72. The van der Waals surface area contributed by atoms with Crippen molar-refractivity contribution in [3.05, 3.63) is 95.0 Å². The summed E-state index contributed by atoms with van der Waals surface area (Å²) >= 11 is 5.83. The van der Waals surface area contributed by atoms with Gasteiger partial charge in [0.05, 0.1) is 4.90 Å². The van der Waals surface area contributed by atoms with E-state index in [-0.39, 0.29) is 10.8 Å². The number of halogens is 1. The van der Waals surface area contributed by atoms with Gasteiger partial charge in [-0.3, -0.25) is 0 Å². The molecule has 0 aliphatic rings. The van der Waals surface area contributed by atoms with Crippen LogP contribution in [0.15, 0.2) is 88.2 Å². The highest BCUT2D eigenvalue weighted by molar-refractivity contribution is 7.90. The van der Waals surface area contributed by atoms with Crippen molar-refractivity contribution in [2.24, 2.45) is 4.40 Å². The monoisotopic (exact) mass is 385 g/mol. The van der Waals surface area contributed by atoms with Crippen LogP contribution < -0.4 is 4.74 Å². The van der Waals surface area contributed by atoms with Crippen molar-refractivity contribution < 1.29 is 13.2 Å². The summed E-state index contributed by atoms with van der Waals surface area (Å²) in [4.78, 5) is 0.0443. The zero-order valence-electron chi connectivity index (χ0n) is 14.0. The Hall–Kier alpha value is -2.63. The lowest BCUT2D eigenvalue weighted by Gasteiger charge is -2.10. The van der Waals surface area contributed by atoms with Gasteiger partial charge in [0.2, 0.25) is 5.90 Å². The summed E-state index contributed by atoms with van der Waals surface area (Å²) in [5.41, 5.74) is 1.63. The summed E-state index contributed by atoms with van der Waals surface area (Å²) < 4.78 is 35.0. The molecule has 0 aliphatic carbocycles. The van der Waals surface area contributed by atoms with E-state index in [9.17, 15) is 8.42 Å². The number of hydrogen-bond donors (Lipinski definition) is 0. The first kappa shape index (κ1) is 18.2. The van der Waals surface area contributed by atoms with Crippen molar-refractivity contribution in [3.8, 4) is 5.75 Å². The average molecular weight is 386 g/mol. The molecule has 0 aliphatic heterocycles. The summed E-state index contributed by atoms with van der Waals surface area (Å²) in [6.45, 7) is 1.96. The fourth-order valence-corrected chi connectivity index (χ4v) is 3.27. The SMILES string of the molecule is Cc1ccc(O/C(=N/S(=O)(=O)c2ccc(Cl)cc2)c2ccccc2)cc1. The Bertz CT molecular complexity index is 1010. The van der Waals surface area contributed by atoms with Crippen molar-refractivity contribution in [1.82, 2.24) is 0 Å². The second-order valence-electron chi connectivity index (χ2n) is 5.61. The molecule has 0 saturated heterocycles. The molecule has 132 valence electrons. The third-order valence-electron chi connectivity index (χ3n) is 3.57. The van der Waals surface area contributed by atoms with Crippen LogP contribution in [0.3, 0.4) is 0 Å². The first-order valence-electron chi connectivity index (χ1n) is 7.84. The van der Waals surface area contributed by atoms with Crippen molar-refractivity contribution >= 4 is 27.5 Å². The fraction of sp³-hybridized carbons (Fsp3) is 0.0500. The zero-order valence-corrected chi connectivity index (χ0v) is 15.5. The summed E-state index contributed by atoms with van der Waals surface area (Å²) in [7, 11) is -3.95. The number of aryl methyl sites for hydroxylation is 1. The van der Waals surface area contributed by atoms with Crippen LogP contribution >= 0.6 is 11.6 Å². The Morgan fingerprint density at radius 2 is 1.50 bits per heavy atom. The molecular formula is C20H16ClNO3S. The van der Waals surface area contributed by atoms with Gasteiger partial charge in [0.15, 0.2) is 0 Å². The Morgan fingerprint density at radius 1 is 0.885 bits per heavy atom. The molecule has 0 heterocycles. The topological polar surface area (TPSA) is 55.7 Å². The van der Waals surface area contributed by atoms with Crippen molar-refractivity contribution in [3.63, 3.8) is 0 Å². The molecule has 0 amide bonds. The Labute approximate surface area is 157 Å². The van der Waals surface area contributed by atoms with Crippen LogP contribution in [-0.2, 0) is 10.0 Å². The lowest BCUT2D eigenvalue weighted by atomic mass is 10.2. The predicted octanol–water partition coefficient (Wildman–Crippen LogP) is 4.86. The van der Waals surface area contributed by atoms with Crippen LogP contribution in [-0.4, -0.2) is 14.3 Å². The molecule has 0 radical (unpaired) electrons. The molecule has 0 N–H and O–H groups in total. The van der Waals surface area contributed by atoms with Gasteiger partial charge in [-0.1, -0.05) is 47.5 Å². The predicted molar refractivity (Wildman–Crippen MR) is 103 cm³/mol. The van der Waals surface area contributed by atoms with Crippen LogP contribution in [0.25, 0.3) is 0 Å². The van der Waals surface area contributed by atoms with Gasteiger partial charge in [-0.2, -0.15) is 8.42 Å². The minimum atomic E-state index is -3.95. The third-order valence-corrected chi connectivity index (χ3v) is 5.10. The molecule has 3 rings (SSSR count). The molecule has 0 unspecified atom stereocenters. The highest BCUT2D eigenvalue weighted by atomic mass is 35.5. The number of benzene rings is 3.